The third kappa shape index (κ3) is 5.98. The van der Waals surface area contributed by atoms with Crippen LogP contribution in [0.25, 0.3) is 6.08 Å². The highest BCUT2D eigenvalue weighted by atomic mass is 16.5. The Morgan fingerprint density at radius 3 is 2.18 bits per heavy atom. The van der Waals surface area contributed by atoms with Gasteiger partial charge in [-0.05, 0) is 55.0 Å². The highest BCUT2D eigenvalue weighted by molar-refractivity contribution is 5.96. The fraction of sp³-hybridized carbons (Fsp3) is 0.190. The molecule has 1 N–H and O–H groups in total. The quantitative estimate of drug-likeness (QED) is 0.584. The monoisotopic (exact) mass is 383 g/mol. The highest BCUT2D eigenvalue weighted by Crippen LogP contribution is 2.15. The Bertz CT molecular complexity index is 855. The molecule has 7 heteroatoms. The first kappa shape index (κ1) is 20.7. The van der Waals surface area contributed by atoms with E-state index in [-0.39, 0.29) is 0 Å². The Labute approximate surface area is 162 Å². The van der Waals surface area contributed by atoms with Crippen LogP contribution >= 0.6 is 0 Å². The second kappa shape index (κ2) is 9.91. The molecule has 7 nitrogen and oxygen atoms in total. The summed E-state index contributed by atoms with van der Waals surface area (Å²) in [5, 5.41) is 2.65. The lowest BCUT2D eigenvalue weighted by atomic mass is 10.1. The molecule has 0 spiro atoms. The molecule has 0 saturated heterocycles. The standard InChI is InChI=1S/C21H21NO6/c1-14(20(24)22-17-9-11-18(26-2)12-10-17)28-19(23)13-6-15-4-7-16(8-5-15)21(25)27-3/h4-14H,1-3H3,(H,22,24)/b13-6+/t14-/m1/s1. The molecule has 0 unspecified atom stereocenters. The van der Waals surface area contributed by atoms with Gasteiger partial charge in [0.1, 0.15) is 5.75 Å². The van der Waals surface area contributed by atoms with Crippen molar-refractivity contribution in [2.24, 2.45) is 0 Å². The van der Waals surface area contributed by atoms with Crippen molar-refractivity contribution in [3.05, 3.63) is 65.7 Å². The molecule has 0 bridgehead atoms. The van der Waals surface area contributed by atoms with Gasteiger partial charge in [0.2, 0.25) is 0 Å². The van der Waals surface area contributed by atoms with E-state index in [2.05, 4.69) is 10.1 Å². The van der Waals surface area contributed by atoms with Gasteiger partial charge in [-0.15, -0.1) is 0 Å². The number of rotatable bonds is 7. The zero-order valence-corrected chi connectivity index (χ0v) is 15.8. The second-order valence-corrected chi connectivity index (χ2v) is 5.74. The summed E-state index contributed by atoms with van der Waals surface area (Å²) in [5.74, 6) is -0.877. The van der Waals surface area contributed by atoms with Crippen molar-refractivity contribution in [2.45, 2.75) is 13.0 Å². The largest absolute Gasteiger partial charge is 0.497 e. The van der Waals surface area contributed by atoms with Crippen LogP contribution in [0.2, 0.25) is 0 Å². The van der Waals surface area contributed by atoms with E-state index in [1.54, 1.807) is 55.6 Å². The van der Waals surface area contributed by atoms with Gasteiger partial charge in [-0.2, -0.15) is 0 Å². The smallest absolute Gasteiger partial charge is 0.337 e. The van der Waals surface area contributed by atoms with Crippen molar-refractivity contribution in [2.75, 3.05) is 19.5 Å². The topological polar surface area (TPSA) is 90.9 Å². The number of carbonyl (C=O) groups excluding carboxylic acids is 3. The van der Waals surface area contributed by atoms with E-state index in [0.717, 1.165) is 0 Å². The molecule has 1 atom stereocenters. The van der Waals surface area contributed by atoms with Gasteiger partial charge in [-0.3, -0.25) is 4.79 Å². The minimum atomic E-state index is -0.971. The van der Waals surface area contributed by atoms with Crippen LogP contribution < -0.4 is 10.1 Å². The number of hydrogen-bond acceptors (Lipinski definition) is 6. The molecule has 2 aromatic carbocycles. The normalized spacial score (nSPS) is 11.5. The molecule has 0 radical (unpaired) electrons. The van der Waals surface area contributed by atoms with Crippen LogP contribution in [0.4, 0.5) is 5.69 Å². The molecule has 0 fully saturated rings. The summed E-state index contributed by atoms with van der Waals surface area (Å²) in [6.07, 6.45) is 1.77. The van der Waals surface area contributed by atoms with Crippen LogP contribution in [0, 0.1) is 0 Å². The first-order chi connectivity index (χ1) is 13.4. The number of nitrogens with one attached hydrogen (secondary N) is 1. The Morgan fingerprint density at radius 1 is 0.964 bits per heavy atom. The average Bonchev–Trinajstić information content (AvgIpc) is 2.72. The maximum atomic E-state index is 12.1. The zero-order chi connectivity index (χ0) is 20.5. The van der Waals surface area contributed by atoms with Crippen LogP contribution in [-0.2, 0) is 19.1 Å². The first-order valence-electron chi connectivity index (χ1n) is 8.45. The number of hydrogen-bond donors (Lipinski definition) is 1. The van der Waals surface area contributed by atoms with E-state index < -0.39 is 23.9 Å². The SMILES string of the molecule is COC(=O)c1ccc(/C=C/C(=O)O[C@H](C)C(=O)Nc2ccc(OC)cc2)cc1. The van der Waals surface area contributed by atoms with Gasteiger partial charge in [0.05, 0.1) is 19.8 Å². The molecule has 146 valence electrons. The third-order valence-corrected chi connectivity index (χ3v) is 3.76. The fourth-order valence-electron chi connectivity index (χ4n) is 2.20. The number of ether oxygens (including phenoxy) is 3. The summed E-state index contributed by atoms with van der Waals surface area (Å²) in [7, 11) is 2.86. The van der Waals surface area contributed by atoms with Crippen LogP contribution in [0.5, 0.6) is 5.75 Å². The fourth-order valence-corrected chi connectivity index (χ4v) is 2.20. The summed E-state index contributed by atoms with van der Waals surface area (Å²) in [6.45, 7) is 1.48. The number of amides is 1. The zero-order valence-electron chi connectivity index (χ0n) is 15.8. The lowest BCUT2D eigenvalue weighted by Crippen LogP contribution is -2.29. The predicted octanol–water partition coefficient (Wildman–Crippen LogP) is 3.07. The highest BCUT2D eigenvalue weighted by Gasteiger charge is 2.16. The van der Waals surface area contributed by atoms with Gasteiger partial charge in [-0.25, -0.2) is 9.59 Å². The predicted molar refractivity (Wildman–Crippen MR) is 104 cm³/mol. The molecule has 28 heavy (non-hydrogen) atoms. The van der Waals surface area contributed by atoms with Gasteiger partial charge < -0.3 is 19.5 Å². The van der Waals surface area contributed by atoms with Crippen molar-refractivity contribution in [1.82, 2.24) is 0 Å². The molecule has 2 rings (SSSR count). The Morgan fingerprint density at radius 2 is 1.61 bits per heavy atom. The molecule has 0 heterocycles. The first-order valence-corrected chi connectivity index (χ1v) is 8.45. The van der Waals surface area contributed by atoms with Crippen molar-refractivity contribution < 1.29 is 28.6 Å². The molecule has 2 aromatic rings. The van der Waals surface area contributed by atoms with Crippen molar-refractivity contribution in [3.63, 3.8) is 0 Å². The molecule has 1 amide bonds. The second-order valence-electron chi connectivity index (χ2n) is 5.74. The van der Waals surface area contributed by atoms with Crippen molar-refractivity contribution in [1.29, 1.82) is 0 Å². The number of benzene rings is 2. The van der Waals surface area contributed by atoms with Gasteiger partial charge in [0.25, 0.3) is 5.91 Å². The average molecular weight is 383 g/mol. The van der Waals surface area contributed by atoms with E-state index in [9.17, 15) is 14.4 Å². The Kier molecular flexibility index (Phi) is 7.33. The molecule has 0 aliphatic carbocycles. The minimum Gasteiger partial charge on any atom is -0.497 e. The van der Waals surface area contributed by atoms with Gasteiger partial charge in [0.15, 0.2) is 6.10 Å². The lowest BCUT2D eigenvalue weighted by Gasteiger charge is -2.12. The third-order valence-electron chi connectivity index (χ3n) is 3.76. The Balaban J connectivity index is 1.87. The van der Waals surface area contributed by atoms with Gasteiger partial charge in [0, 0.05) is 11.8 Å². The minimum absolute atomic E-state index is 0.408. The number of anilines is 1. The van der Waals surface area contributed by atoms with Crippen molar-refractivity contribution >= 4 is 29.6 Å². The van der Waals surface area contributed by atoms with E-state index in [1.165, 1.54) is 26.2 Å². The summed E-state index contributed by atoms with van der Waals surface area (Å²) in [6, 6.07) is 13.3. The molecule has 0 saturated carbocycles. The van der Waals surface area contributed by atoms with E-state index >= 15 is 0 Å². The maximum Gasteiger partial charge on any atom is 0.337 e. The summed E-state index contributed by atoms with van der Waals surface area (Å²) in [5.41, 5.74) is 1.67. The number of methoxy groups -OCH3 is 2. The summed E-state index contributed by atoms with van der Waals surface area (Å²) < 4.78 is 14.8. The van der Waals surface area contributed by atoms with Gasteiger partial charge in [-0.1, -0.05) is 12.1 Å². The molecule has 0 aliphatic rings. The van der Waals surface area contributed by atoms with Crippen LogP contribution in [-0.4, -0.2) is 38.2 Å². The summed E-state index contributed by atoms with van der Waals surface area (Å²) in [4.78, 5) is 35.4. The Hall–Kier alpha value is -3.61. The maximum absolute atomic E-state index is 12.1. The van der Waals surface area contributed by atoms with Crippen LogP contribution in [0.1, 0.15) is 22.8 Å². The van der Waals surface area contributed by atoms with Crippen molar-refractivity contribution in [3.8, 4) is 5.75 Å². The number of carbonyl (C=O) groups is 3. The molecule has 0 aliphatic heterocycles. The van der Waals surface area contributed by atoms with Crippen LogP contribution in [0.15, 0.2) is 54.6 Å². The number of esters is 2. The van der Waals surface area contributed by atoms with E-state index in [4.69, 9.17) is 9.47 Å². The molecule has 0 aromatic heterocycles. The van der Waals surface area contributed by atoms with E-state index in [0.29, 0.717) is 22.6 Å². The lowest BCUT2D eigenvalue weighted by molar-refractivity contribution is -0.148. The molecular formula is C21H21NO6. The molecular weight excluding hydrogens is 362 g/mol. The summed E-state index contributed by atoms with van der Waals surface area (Å²) >= 11 is 0. The van der Waals surface area contributed by atoms with E-state index in [1.807, 2.05) is 0 Å². The van der Waals surface area contributed by atoms with Crippen LogP contribution in [0.3, 0.4) is 0 Å². The van der Waals surface area contributed by atoms with Gasteiger partial charge >= 0.3 is 11.9 Å².